The molecule has 2 aliphatic heterocycles. The van der Waals surface area contributed by atoms with Gasteiger partial charge in [-0.1, -0.05) is 105 Å². The molecule has 0 unspecified atom stereocenters. The highest BCUT2D eigenvalue weighted by Gasteiger charge is 2.57. The second kappa shape index (κ2) is 13.6. The molecule has 2 heterocycles. The van der Waals surface area contributed by atoms with Crippen LogP contribution in [0.15, 0.2) is 102 Å². The predicted molar refractivity (Wildman–Crippen MR) is 192 cm³/mol. The molecule has 0 radical (unpaired) electrons. The molecule has 2 fully saturated rings. The predicted octanol–water partition coefficient (Wildman–Crippen LogP) is 5.58. The lowest BCUT2D eigenvalue weighted by atomic mass is 9.58. The Labute approximate surface area is 285 Å². The van der Waals surface area contributed by atoms with Gasteiger partial charge in [-0.25, -0.2) is 0 Å². The molecule has 250 valence electrons. The fourth-order valence-electron chi connectivity index (χ4n) is 8.34. The Morgan fingerprint density at radius 3 is 2.23 bits per heavy atom. The molecule has 0 spiro atoms. The molecule has 0 saturated carbocycles. The number of carbonyl (C=O) groups is 2. The number of phenolic OH excluding ortho intramolecular Hbond substituents is 1. The van der Waals surface area contributed by atoms with Gasteiger partial charge in [0.2, 0.25) is 11.8 Å². The monoisotopic (exact) mass is 663 g/mol. The number of aromatic hydroxyl groups is 1. The number of imide groups is 1. The van der Waals surface area contributed by atoms with E-state index in [0.29, 0.717) is 25.9 Å². The molecule has 3 aromatic rings. The van der Waals surface area contributed by atoms with E-state index in [1.807, 2.05) is 37.3 Å². The maximum atomic E-state index is 13.5. The molecule has 9 heteroatoms. The van der Waals surface area contributed by atoms with E-state index in [-0.39, 0.29) is 34.8 Å². The number of hydrogen-bond acceptors (Lipinski definition) is 6. The molecule has 7 nitrogen and oxygen atoms in total. The molecule has 2 N–H and O–H groups in total. The van der Waals surface area contributed by atoms with Crippen molar-refractivity contribution in [1.29, 1.82) is 0 Å². The summed E-state index contributed by atoms with van der Waals surface area (Å²) in [4.78, 5) is 28.3. The normalized spacial score (nSPS) is 23.4. The Morgan fingerprint density at radius 1 is 0.979 bits per heavy atom. The molecular weight excluding hydrogens is 617 g/mol. The number of fused-ring (bicyclic) bond motifs is 3. The smallest absolute Gasteiger partial charge is 0.455 e. The zero-order valence-corrected chi connectivity index (χ0v) is 29.6. The number of benzene rings is 3. The van der Waals surface area contributed by atoms with Crippen LogP contribution in [0.25, 0.3) is 6.08 Å². The molecular formula is C39H46BNO6Si. The summed E-state index contributed by atoms with van der Waals surface area (Å²) in [6.45, 7) is 9.09. The van der Waals surface area contributed by atoms with Crippen LogP contribution in [0, 0.1) is 17.8 Å². The van der Waals surface area contributed by atoms with Gasteiger partial charge in [-0.2, -0.15) is 0 Å². The van der Waals surface area contributed by atoms with Crippen LogP contribution in [0.3, 0.4) is 0 Å². The maximum absolute atomic E-state index is 13.5. The van der Waals surface area contributed by atoms with Gasteiger partial charge < -0.3 is 19.2 Å². The number of nitrogens with zero attached hydrogens (tertiary/aromatic N) is 1. The molecule has 1 aliphatic carbocycles. The summed E-state index contributed by atoms with van der Waals surface area (Å²) in [5.74, 6) is -1.42. The first-order valence-corrected chi connectivity index (χ1v) is 18.9. The highest BCUT2D eigenvalue weighted by Crippen LogP contribution is 2.51. The van der Waals surface area contributed by atoms with Crippen molar-refractivity contribution in [1.82, 2.24) is 4.90 Å². The van der Waals surface area contributed by atoms with Gasteiger partial charge >= 0.3 is 7.12 Å². The minimum Gasteiger partial charge on any atom is -0.508 e. The summed E-state index contributed by atoms with van der Waals surface area (Å²) < 4.78 is 13.7. The molecule has 3 aliphatic rings. The quantitative estimate of drug-likeness (QED) is 0.176. The van der Waals surface area contributed by atoms with Gasteiger partial charge in [-0.05, 0) is 82.7 Å². The van der Waals surface area contributed by atoms with Gasteiger partial charge in [-0.15, -0.1) is 0 Å². The molecule has 2 saturated heterocycles. The second-order valence-corrected chi connectivity index (χ2v) is 18.9. The molecule has 4 atom stereocenters. The topological polar surface area (TPSA) is 96.3 Å². The summed E-state index contributed by atoms with van der Waals surface area (Å²) in [6, 6.07) is 28.1. The van der Waals surface area contributed by atoms with E-state index in [1.165, 1.54) is 15.3 Å². The SMILES string of the molecule is C/C(=C\c1cccc(O)c1)CC[C@H]1OB(O)C[C@H]2C1=C(CO[Si](c1ccccc1)(c1ccccc1)C(C)(C)C)C[C@H]1C(=O)N(C)C(=O)[C@H]12. The Morgan fingerprint density at radius 2 is 1.62 bits per heavy atom. The standard InChI is InChI=1S/C39H46BNO6Si/c1-26(21-27-13-12-14-29(42)22-27)19-20-34-35-28(23-32-36(33(35)24-40(45)47-34)38(44)41(5)37(32)43)25-46-48(39(2,3)4,30-15-8-6-9-16-30)31-17-10-7-11-18-31/h6-18,21-22,32-34,36,42,45H,19-20,23-25H2,1-5H3/b26-21+/t32-,33+,34-,36-/m1/s1. The average molecular weight is 664 g/mol. The molecule has 3 aromatic carbocycles. The van der Waals surface area contributed by atoms with Crippen LogP contribution in [0.4, 0.5) is 0 Å². The van der Waals surface area contributed by atoms with Crippen molar-refractivity contribution >= 4 is 43.7 Å². The Balaban J connectivity index is 1.41. The Bertz CT molecular complexity index is 1680. The van der Waals surface area contributed by atoms with Crippen molar-refractivity contribution in [2.45, 2.75) is 64.4 Å². The highest BCUT2D eigenvalue weighted by molar-refractivity contribution is 6.99. The lowest BCUT2D eigenvalue weighted by Gasteiger charge is -2.46. The van der Waals surface area contributed by atoms with E-state index in [0.717, 1.165) is 22.3 Å². The fraction of sp³-hybridized carbons (Fsp3) is 0.385. The van der Waals surface area contributed by atoms with Crippen LogP contribution in [0.1, 0.15) is 52.5 Å². The molecule has 6 rings (SSSR count). The fourth-order valence-corrected chi connectivity index (χ4v) is 12.9. The Kier molecular flexibility index (Phi) is 9.69. The minimum absolute atomic E-state index is 0.158. The third-order valence-corrected chi connectivity index (χ3v) is 15.5. The minimum atomic E-state index is -2.90. The third-order valence-electron chi connectivity index (χ3n) is 10.5. The van der Waals surface area contributed by atoms with E-state index >= 15 is 0 Å². The number of carbonyl (C=O) groups excluding carboxylic acids is 2. The first kappa shape index (κ1) is 34.1. The summed E-state index contributed by atoms with van der Waals surface area (Å²) in [6.07, 6.45) is 3.59. The lowest BCUT2D eigenvalue weighted by molar-refractivity contribution is -0.138. The van der Waals surface area contributed by atoms with Crippen molar-refractivity contribution in [2.24, 2.45) is 17.8 Å². The molecule has 2 amide bonds. The first-order valence-electron chi connectivity index (χ1n) is 17.0. The zero-order chi connectivity index (χ0) is 34.2. The van der Waals surface area contributed by atoms with Crippen LogP contribution in [-0.4, -0.2) is 62.0 Å². The number of allylic oxidation sites excluding steroid dienone is 1. The molecule has 0 aromatic heterocycles. The number of rotatable bonds is 9. The first-order chi connectivity index (χ1) is 22.9. The second-order valence-electron chi connectivity index (χ2n) is 14.6. The van der Waals surface area contributed by atoms with Crippen molar-refractivity contribution in [2.75, 3.05) is 13.7 Å². The number of likely N-dealkylation sites (tertiary alicyclic amines) is 1. The van der Waals surface area contributed by atoms with Crippen molar-refractivity contribution in [3.63, 3.8) is 0 Å². The van der Waals surface area contributed by atoms with Gasteiger partial charge in [0.15, 0.2) is 0 Å². The largest absolute Gasteiger partial charge is 0.508 e. The number of hydrogen-bond donors (Lipinski definition) is 2. The van der Waals surface area contributed by atoms with E-state index in [1.54, 1.807) is 19.2 Å². The van der Waals surface area contributed by atoms with E-state index < -0.39 is 33.4 Å². The molecule has 0 bridgehead atoms. The molecule has 48 heavy (non-hydrogen) atoms. The van der Waals surface area contributed by atoms with Crippen LogP contribution in [-0.2, 0) is 18.7 Å². The van der Waals surface area contributed by atoms with E-state index in [9.17, 15) is 19.7 Å². The van der Waals surface area contributed by atoms with Crippen molar-refractivity contribution in [3.05, 3.63) is 107 Å². The Hall–Kier alpha value is -3.76. The number of phenols is 1. The number of amides is 2. The van der Waals surface area contributed by atoms with Gasteiger partial charge in [0.1, 0.15) is 5.75 Å². The summed E-state index contributed by atoms with van der Waals surface area (Å²) in [5.41, 5.74) is 4.04. The third kappa shape index (κ3) is 6.37. The van der Waals surface area contributed by atoms with Gasteiger partial charge in [0.05, 0.1) is 24.5 Å². The summed E-state index contributed by atoms with van der Waals surface area (Å²) >= 11 is 0. The van der Waals surface area contributed by atoms with Crippen LogP contribution in [0.5, 0.6) is 5.75 Å². The highest BCUT2D eigenvalue weighted by atomic mass is 28.4. The van der Waals surface area contributed by atoms with Gasteiger partial charge in [0, 0.05) is 7.05 Å². The lowest BCUT2D eigenvalue weighted by Crippen LogP contribution is -2.66. The van der Waals surface area contributed by atoms with E-state index in [4.69, 9.17) is 9.08 Å². The summed E-state index contributed by atoms with van der Waals surface area (Å²) in [7, 11) is -2.37. The van der Waals surface area contributed by atoms with Crippen molar-refractivity contribution in [3.8, 4) is 5.75 Å². The van der Waals surface area contributed by atoms with E-state index in [2.05, 4.69) is 69.3 Å². The van der Waals surface area contributed by atoms with Gasteiger partial charge in [-0.3, -0.25) is 14.5 Å². The average Bonchev–Trinajstić information content (AvgIpc) is 3.27. The van der Waals surface area contributed by atoms with Gasteiger partial charge in [0.25, 0.3) is 8.32 Å². The van der Waals surface area contributed by atoms with Crippen LogP contribution >= 0.6 is 0 Å². The zero-order valence-electron chi connectivity index (χ0n) is 28.6. The maximum Gasteiger partial charge on any atom is 0.455 e. The van der Waals surface area contributed by atoms with Crippen molar-refractivity contribution < 1.29 is 28.8 Å². The van der Waals surface area contributed by atoms with Crippen LogP contribution in [0.2, 0.25) is 11.4 Å². The van der Waals surface area contributed by atoms with Crippen LogP contribution < -0.4 is 10.4 Å². The summed E-state index contributed by atoms with van der Waals surface area (Å²) in [5, 5.41) is 23.1.